The van der Waals surface area contributed by atoms with Gasteiger partial charge in [-0.2, -0.15) is 0 Å². The van der Waals surface area contributed by atoms with Crippen molar-refractivity contribution >= 4 is 11.8 Å². The zero-order valence-electron chi connectivity index (χ0n) is 13.2. The van der Waals surface area contributed by atoms with E-state index < -0.39 is 6.04 Å². The maximum absolute atomic E-state index is 12.4. The average Bonchev–Trinajstić information content (AvgIpc) is 3.30. The van der Waals surface area contributed by atoms with Crippen LogP contribution in [0.15, 0.2) is 53.1 Å². The molecule has 5 nitrogen and oxygen atoms in total. The molecule has 1 aliphatic rings. The molecule has 1 aliphatic heterocycles. The first-order chi connectivity index (χ1) is 11.8. The molecular weight excluding hydrogens is 304 g/mol. The van der Waals surface area contributed by atoms with E-state index in [0.717, 1.165) is 12.0 Å². The predicted molar refractivity (Wildman–Crippen MR) is 89.1 cm³/mol. The Morgan fingerprint density at radius 3 is 2.79 bits per heavy atom. The zero-order valence-corrected chi connectivity index (χ0v) is 13.2. The lowest BCUT2D eigenvalue weighted by Gasteiger charge is -2.22. The van der Waals surface area contributed by atoms with Crippen molar-refractivity contribution in [1.29, 1.82) is 0 Å². The average molecular weight is 322 g/mol. The minimum absolute atomic E-state index is 0.172. The second-order valence-electron chi connectivity index (χ2n) is 5.52. The molecule has 0 bridgehead atoms. The molecule has 1 aromatic carbocycles. The van der Waals surface area contributed by atoms with Crippen LogP contribution in [0.25, 0.3) is 0 Å². The van der Waals surface area contributed by atoms with Crippen LogP contribution in [0, 0.1) is 11.8 Å². The van der Waals surface area contributed by atoms with Crippen LogP contribution in [0.3, 0.4) is 0 Å². The standard InChI is InChI=1S/C19H18N2O3/c22-18(20-12-4-9-15-7-2-1-3-8-15)16-10-5-13-21(16)19(23)17-11-6-14-24-17/h1-3,6-8,11,14,16H,5,10,12-13H2,(H,20,22). The molecule has 24 heavy (non-hydrogen) atoms. The van der Waals surface area contributed by atoms with Crippen molar-refractivity contribution in [2.24, 2.45) is 0 Å². The highest BCUT2D eigenvalue weighted by Gasteiger charge is 2.35. The van der Waals surface area contributed by atoms with Crippen LogP contribution in [-0.4, -0.2) is 35.8 Å². The fourth-order valence-corrected chi connectivity index (χ4v) is 2.74. The maximum Gasteiger partial charge on any atom is 0.290 e. The van der Waals surface area contributed by atoms with E-state index in [1.54, 1.807) is 17.0 Å². The number of hydrogen-bond acceptors (Lipinski definition) is 3. The molecule has 1 unspecified atom stereocenters. The maximum atomic E-state index is 12.4. The van der Waals surface area contributed by atoms with Gasteiger partial charge in [0.05, 0.1) is 12.8 Å². The van der Waals surface area contributed by atoms with Gasteiger partial charge in [-0.25, -0.2) is 0 Å². The normalized spacial score (nSPS) is 16.3. The van der Waals surface area contributed by atoms with E-state index >= 15 is 0 Å². The van der Waals surface area contributed by atoms with Crippen LogP contribution >= 0.6 is 0 Å². The van der Waals surface area contributed by atoms with Crippen molar-refractivity contribution in [3.05, 3.63) is 60.1 Å². The smallest absolute Gasteiger partial charge is 0.290 e. The van der Waals surface area contributed by atoms with Crippen molar-refractivity contribution in [3.8, 4) is 11.8 Å². The van der Waals surface area contributed by atoms with Crippen LogP contribution in [-0.2, 0) is 4.79 Å². The molecule has 2 aromatic rings. The summed E-state index contributed by atoms with van der Waals surface area (Å²) in [5.41, 5.74) is 0.905. The third-order valence-electron chi connectivity index (χ3n) is 3.91. The molecule has 5 heteroatoms. The van der Waals surface area contributed by atoms with Gasteiger partial charge in [0.25, 0.3) is 5.91 Å². The number of furan rings is 1. The Hall–Kier alpha value is -3.00. The van der Waals surface area contributed by atoms with Gasteiger partial charge >= 0.3 is 0 Å². The van der Waals surface area contributed by atoms with E-state index in [2.05, 4.69) is 17.2 Å². The summed E-state index contributed by atoms with van der Waals surface area (Å²) in [6.45, 7) is 0.820. The number of hydrogen-bond donors (Lipinski definition) is 1. The summed E-state index contributed by atoms with van der Waals surface area (Å²) in [5.74, 6) is 5.76. The number of nitrogens with zero attached hydrogens (tertiary/aromatic N) is 1. The molecular formula is C19H18N2O3. The summed E-state index contributed by atoms with van der Waals surface area (Å²) >= 11 is 0. The Morgan fingerprint density at radius 2 is 2.04 bits per heavy atom. The minimum atomic E-state index is -0.457. The zero-order chi connectivity index (χ0) is 16.8. The summed E-state index contributed by atoms with van der Waals surface area (Å²) in [6.07, 6.45) is 2.92. The molecule has 2 amide bonds. The summed E-state index contributed by atoms with van der Waals surface area (Å²) in [5, 5.41) is 2.79. The van der Waals surface area contributed by atoms with E-state index in [1.165, 1.54) is 6.26 Å². The highest BCUT2D eigenvalue weighted by atomic mass is 16.3. The highest BCUT2D eigenvalue weighted by molar-refractivity contribution is 5.96. The number of carbonyl (C=O) groups is 2. The lowest BCUT2D eigenvalue weighted by Crippen LogP contribution is -2.46. The van der Waals surface area contributed by atoms with Crippen LogP contribution in [0.2, 0.25) is 0 Å². The van der Waals surface area contributed by atoms with Crippen molar-refractivity contribution in [1.82, 2.24) is 10.2 Å². The molecule has 0 spiro atoms. The van der Waals surface area contributed by atoms with Gasteiger partial charge in [0.1, 0.15) is 6.04 Å². The van der Waals surface area contributed by atoms with E-state index in [1.807, 2.05) is 30.3 Å². The fraction of sp³-hybridized carbons (Fsp3) is 0.263. The second kappa shape index (κ2) is 7.51. The molecule has 2 heterocycles. The van der Waals surface area contributed by atoms with Gasteiger partial charge in [-0.3, -0.25) is 9.59 Å². The number of amides is 2. The SMILES string of the molecule is O=C(NCC#Cc1ccccc1)C1CCCN1C(=O)c1ccco1. The molecule has 0 saturated carbocycles. The van der Waals surface area contributed by atoms with E-state index in [0.29, 0.717) is 13.0 Å². The van der Waals surface area contributed by atoms with E-state index in [9.17, 15) is 9.59 Å². The number of nitrogens with one attached hydrogen (secondary N) is 1. The Balaban J connectivity index is 1.56. The number of rotatable bonds is 3. The third-order valence-corrected chi connectivity index (χ3v) is 3.91. The first kappa shape index (κ1) is 15.9. The lowest BCUT2D eigenvalue weighted by atomic mass is 10.2. The van der Waals surface area contributed by atoms with E-state index in [4.69, 9.17) is 4.42 Å². The predicted octanol–water partition coefficient (Wildman–Crippen LogP) is 2.05. The largest absolute Gasteiger partial charge is 0.459 e. The molecule has 1 aromatic heterocycles. The quantitative estimate of drug-likeness (QED) is 0.880. The lowest BCUT2D eigenvalue weighted by molar-refractivity contribution is -0.124. The molecule has 3 rings (SSSR count). The minimum Gasteiger partial charge on any atom is -0.459 e. The van der Waals surface area contributed by atoms with Gasteiger partial charge in [0.2, 0.25) is 5.91 Å². The number of likely N-dealkylation sites (tertiary alicyclic amines) is 1. The highest BCUT2D eigenvalue weighted by Crippen LogP contribution is 2.20. The van der Waals surface area contributed by atoms with Gasteiger partial charge in [0.15, 0.2) is 5.76 Å². The van der Waals surface area contributed by atoms with Gasteiger partial charge in [0, 0.05) is 12.1 Å². The summed E-state index contributed by atoms with van der Waals surface area (Å²) in [6, 6.07) is 12.4. The molecule has 1 saturated heterocycles. The molecule has 122 valence electrons. The summed E-state index contributed by atoms with van der Waals surface area (Å²) in [4.78, 5) is 26.3. The Kier molecular flexibility index (Phi) is 4.97. The van der Waals surface area contributed by atoms with Crippen molar-refractivity contribution < 1.29 is 14.0 Å². The number of carbonyl (C=O) groups excluding carboxylic acids is 2. The van der Waals surface area contributed by atoms with Crippen LogP contribution in [0.5, 0.6) is 0 Å². The Labute approximate surface area is 140 Å². The monoisotopic (exact) mass is 322 g/mol. The fourth-order valence-electron chi connectivity index (χ4n) is 2.74. The van der Waals surface area contributed by atoms with Crippen molar-refractivity contribution in [2.45, 2.75) is 18.9 Å². The summed E-state index contributed by atoms with van der Waals surface area (Å²) < 4.78 is 5.14. The summed E-state index contributed by atoms with van der Waals surface area (Å²) in [7, 11) is 0. The third kappa shape index (κ3) is 3.66. The second-order valence-corrected chi connectivity index (χ2v) is 5.52. The van der Waals surface area contributed by atoms with Gasteiger partial charge in [-0.1, -0.05) is 30.0 Å². The van der Waals surface area contributed by atoms with Gasteiger partial charge in [-0.05, 0) is 37.1 Å². The van der Waals surface area contributed by atoms with Crippen molar-refractivity contribution in [3.63, 3.8) is 0 Å². The topological polar surface area (TPSA) is 62.6 Å². The Bertz CT molecular complexity index is 757. The van der Waals surface area contributed by atoms with Gasteiger partial charge in [-0.15, -0.1) is 0 Å². The molecule has 1 fully saturated rings. The molecule has 0 aliphatic carbocycles. The molecule has 1 N–H and O–H groups in total. The molecule has 1 atom stereocenters. The molecule has 0 radical (unpaired) electrons. The Morgan fingerprint density at radius 1 is 1.21 bits per heavy atom. The first-order valence-corrected chi connectivity index (χ1v) is 7.92. The van der Waals surface area contributed by atoms with Crippen LogP contribution < -0.4 is 5.32 Å². The van der Waals surface area contributed by atoms with E-state index in [-0.39, 0.29) is 24.1 Å². The number of benzene rings is 1. The van der Waals surface area contributed by atoms with Gasteiger partial charge < -0.3 is 14.6 Å². The first-order valence-electron chi connectivity index (χ1n) is 7.92. The van der Waals surface area contributed by atoms with Crippen molar-refractivity contribution in [2.75, 3.05) is 13.1 Å². The van der Waals surface area contributed by atoms with Crippen LogP contribution in [0.4, 0.5) is 0 Å². The van der Waals surface area contributed by atoms with Crippen LogP contribution in [0.1, 0.15) is 29.0 Å².